The first kappa shape index (κ1) is 11.6. The van der Waals surface area contributed by atoms with E-state index in [1.807, 2.05) is 0 Å². The van der Waals surface area contributed by atoms with Gasteiger partial charge in [-0.3, -0.25) is 0 Å². The van der Waals surface area contributed by atoms with Crippen LogP contribution in [0.15, 0.2) is 24.8 Å². The molecule has 0 heterocycles. The van der Waals surface area contributed by atoms with Crippen molar-refractivity contribution in [2.45, 2.75) is 0 Å². The van der Waals surface area contributed by atoms with E-state index in [4.69, 9.17) is 17.0 Å². The van der Waals surface area contributed by atoms with Crippen molar-refractivity contribution in [3.63, 3.8) is 0 Å². The number of hydrogen-bond donors (Lipinski definition) is 1. The van der Waals surface area contributed by atoms with E-state index in [-0.39, 0.29) is 16.5 Å². The van der Waals surface area contributed by atoms with Crippen molar-refractivity contribution in [3.8, 4) is 0 Å². The third-order valence-corrected chi connectivity index (χ3v) is 1.89. The quantitative estimate of drug-likeness (QED) is 0.621. The highest BCUT2D eigenvalue weighted by Crippen LogP contribution is 2.16. The van der Waals surface area contributed by atoms with E-state index in [0.29, 0.717) is 0 Å². The summed E-state index contributed by atoms with van der Waals surface area (Å²) >= 11 is 4.72. The van der Waals surface area contributed by atoms with Crippen molar-refractivity contribution in [3.05, 3.63) is 42.0 Å². The third-order valence-electron chi connectivity index (χ3n) is 1.60. The Kier molecular flexibility index (Phi) is 3.74. The second-order valence-electron chi connectivity index (χ2n) is 2.72. The second-order valence-corrected chi connectivity index (χ2v) is 3.09. The number of ether oxygens (including phenoxy) is 1. The molecule has 0 saturated carbocycles. The van der Waals surface area contributed by atoms with E-state index in [1.165, 1.54) is 0 Å². The number of thiocarbonyl (C=S) groups is 1. The molecule has 1 N–H and O–H groups in total. The summed E-state index contributed by atoms with van der Waals surface area (Å²) in [4.78, 5) is 0. The largest absolute Gasteiger partial charge is 0.432 e. The van der Waals surface area contributed by atoms with Crippen molar-refractivity contribution in [1.29, 1.82) is 0 Å². The van der Waals surface area contributed by atoms with Gasteiger partial charge < -0.3 is 10.1 Å². The Balaban J connectivity index is 2.86. The molecule has 0 spiro atoms. The summed E-state index contributed by atoms with van der Waals surface area (Å²) in [6, 6.07) is 3.00. The van der Waals surface area contributed by atoms with E-state index in [9.17, 15) is 8.78 Å². The van der Waals surface area contributed by atoms with Crippen molar-refractivity contribution >= 4 is 23.2 Å². The second kappa shape index (κ2) is 4.84. The average molecular weight is 229 g/mol. The molecule has 80 valence electrons. The van der Waals surface area contributed by atoms with Gasteiger partial charge in [0.1, 0.15) is 17.4 Å². The SMILES string of the molecule is C=C(OC(=S)NC)c1cc(F)cc(F)c1. The van der Waals surface area contributed by atoms with Crippen LogP contribution in [-0.4, -0.2) is 12.2 Å². The number of rotatable bonds is 2. The lowest BCUT2D eigenvalue weighted by Crippen LogP contribution is -2.17. The Morgan fingerprint density at radius 1 is 1.33 bits per heavy atom. The summed E-state index contributed by atoms with van der Waals surface area (Å²) in [5.74, 6) is -1.29. The minimum atomic E-state index is -0.690. The molecule has 0 aliphatic heterocycles. The normalized spacial score (nSPS) is 9.53. The van der Waals surface area contributed by atoms with Crippen LogP contribution in [0, 0.1) is 11.6 Å². The van der Waals surface area contributed by atoms with Gasteiger partial charge in [-0.15, -0.1) is 0 Å². The number of nitrogens with one attached hydrogen (secondary N) is 1. The summed E-state index contributed by atoms with van der Waals surface area (Å²) in [5.41, 5.74) is 0.213. The monoisotopic (exact) mass is 229 g/mol. The fraction of sp³-hybridized carbons (Fsp3) is 0.100. The molecule has 0 aromatic heterocycles. The lowest BCUT2D eigenvalue weighted by atomic mass is 10.2. The zero-order valence-corrected chi connectivity index (χ0v) is 8.83. The van der Waals surface area contributed by atoms with E-state index in [1.54, 1.807) is 7.05 Å². The molecular weight excluding hydrogens is 220 g/mol. The summed E-state index contributed by atoms with van der Waals surface area (Å²) in [7, 11) is 1.57. The Morgan fingerprint density at radius 2 is 1.87 bits per heavy atom. The molecular formula is C10H9F2NOS. The minimum Gasteiger partial charge on any atom is -0.432 e. The Morgan fingerprint density at radius 3 is 2.33 bits per heavy atom. The standard InChI is InChI=1S/C10H9F2NOS/c1-6(14-10(15)13-2)7-3-8(11)5-9(12)4-7/h3-5H,1H2,2H3,(H,13,15). The molecule has 2 nitrogen and oxygen atoms in total. The highest BCUT2D eigenvalue weighted by Gasteiger charge is 2.06. The predicted octanol–water partition coefficient (Wildman–Crippen LogP) is 2.46. The summed E-state index contributed by atoms with van der Waals surface area (Å²) in [6.45, 7) is 3.51. The zero-order chi connectivity index (χ0) is 11.4. The van der Waals surface area contributed by atoms with Gasteiger partial charge in [-0.25, -0.2) is 8.78 Å². The van der Waals surface area contributed by atoms with E-state index in [2.05, 4.69) is 11.9 Å². The topological polar surface area (TPSA) is 21.3 Å². The minimum absolute atomic E-state index is 0.0877. The molecule has 0 saturated heterocycles. The first-order valence-electron chi connectivity index (χ1n) is 4.08. The molecule has 0 unspecified atom stereocenters. The average Bonchev–Trinajstić information content (AvgIpc) is 2.16. The first-order valence-corrected chi connectivity index (χ1v) is 4.48. The summed E-state index contributed by atoms with van der Waals surface area (Å²) < 4.78 is 30.6. The van der Waals surface area contributed by atoms with Gasteiger partial charge >= 0.3 is 0 Å². The molecule has 0 bridgehead atoms. The molecule has 1 aromatic rings. The van der Waals surface area contributed by atoms with Crippen LogP contribution in [0.2, 0.25) is 0 Å². The number of halogens is 2. The molecule has 0 aliphatic carbocycles. The van der Waals surface area contributed by atoms with Gasteiger partial charge in [0.2, 0.25) is 0 Å². The van der Waals surface area contributed by atoms with Gasteiger partial charge in [-0.1, -0.05) is 6.58 Å². The van der Waals surface area contributed by atoms with Gasteiger partial charge in [0.15, 0.2) is 0 Å². The van der Waals surface area contributed by atoms with Crippen molar-refractivity contribution in [2.24, 2.45) is 0 Å². The molecule has 0 aliphatic rings. The van der Waals surface area contributed by atoms with Crippen LogP contribution < -0.4 is 5.32 Å². The number of benzene rings is 1. The zero-order valence-electron chi connectivity index (χ0n) is 8.01. The van der Waals surface area contributed by atoms with Crippen LogP contribution in [0.3, 0.4) is 0 Å². The lowest BCUT2D eigenvalue weighted by molar-refractivity contribution is 0.498. The maximum Gasteiger partial charge on any atom is 0.261 e. The molecule has 1 rings (SSSR count). The van der Waals surface area contributed by atoms with Crippen molar-refractivity contribution in [2.75, 3.05) is 7.05 Å². The van der Waals surface area contributed by atoms with Gasteiger partial charge in [0.05, 0.1) is 0 Å². The maximum absolute atomic E-state index is 12.8. The Bertz CT molecular complexity index is 386. The lowest BCUT2D eigenvalue weighted by Gasteiger charge is -2.09. The highest BCUT2D eigenvalue weighted by atomic mass is 32.1. The molecule has 0 atom stereocenters. The number of hydrogen-bond acceptors (Lipinski definition) is 2. The van der Waals surface area contributed by atoms with Crippen LogP contribution in [0.25, 0.3) is 5.76 Å². The van der Waals surface area contributed by atoms with Crippen molar-refractivity contribution in [1.82, 2.24) is 5.32 Å². The molecule has 0 fully saturated rings. The van der Waals surface area contributed by atoms with Gasteiger partial charge in [-0.2, -0.15) is 0 Å². The van der Waals surface area contributed by atoms with Crippen LogP contribution in [-0.2, 0) is 4.74 Å². The molecule has 0 radical (unpaired) electrons. The van der Waals surface area contributed by atoms with Gasteiger partial charge in [0, 0.05) is 18.7 Å². The Labute approximate surface area is 91.6 Å². The Hall–Kier alpha value is -1.49. The van der Waals surface area contributed by atoms with E-state index in [0.717, 1.165) is 18.2 Å². The molecule has 5 heteroatoms. The maximum atomic E-state index is 12.8. The van der Waals surface area contributed by atoms with Crippen LogP contribution in [0.1, 0.15) is 5.56 Å². The van der Waals surface area contributed by atoms with Crippen LogP contribution in [0.4, 0.5) is 8.78 Å². The van der Waals surface area contributed by atoms with E-state index < -0.39 is 11.6 Å². The van der Waals surface area contributed by atoms with Crippen LogP contribution >= 0.6 is 12.2 Å². The molecule has 0 amide bonds. The third kappa shape index (κ3) is 3.28. The van der Waals surface area contributed by atoms with E-state index >= 15 is 0 Å². The summed E-state index contributed by atoms with van der Waals surface area (Å²) in [5, 5.41) is 2.64. The smallest absolute Gasteiger partial charge is 0.261 e. The van der Waals surface area contributed by atoms with Crippen LogP contribution in [0.5, 0.6) is 0 Å². The molecule has 1 aromatic carbocycles. The molecule has 15 heavy (non-hydrogen) atoms. The van der Waals surface area contributed by atoms with Gasteiger partial charge in [-0.05, 0) is 24.4 Å². The fourth-order valence-corrected chi connectivity index (χ4v) is 1.04. The van der Waals surface area contributed by atoms with Crippen molar-refractivity contribution < 1.29 is 13.5 Å². The summed E-state index contributed by atoms with van der Waals surface area (Å²) in [6.07, 6.45) is 0. The van der Waals surface area contributed by atoms with Gasteiger partial charge in [0.25, 0.3) is 5.17 Å². The fourth-order valence-electron chi connectivity index (χ4n) is 0.937. The highest BCUT2D eigenvalue weighted by molar-refractivity contribution is 7.80. The first-order chi connectivity index (χ1) is 7.02. The predicted molar refractivity (Wildman–Crippen MR) is 58.1 cm³/mol.